The van der Waals surface area contributed by atoms with Crippen molar-refractivity contribution in [3.05, 3.63) is 0 Å². The maximum atomic E-state index is 7.25. The van der Waals surface area contributed by atoms with Crippen molar-refractivity contribution < 1.29 is 0 Å². The SMILES string of the molecule is CNC(C)(N=N)NC(=N)NC(=N)N. The van der Waals surface area contributed by atoms with Gasteiger partial charge in [-0.3, -0.25) is 21.5 Å². The van der Waals surface area contributed by atoms with Gasteiger partial charge in [0.25, 0.3) is 0 Å². The van der Waals surface area contributed by atoms with Crippen LogP contribution >= 0.6 is 0 Å². The molecule has 0 amide bonds. The van der Waals surface area contributed by atoms with E-state index in [1.807, 2.05) is 0 Å². The molecule has 0 aromatic rings. The highest BCUT2D eigenvalue weighted by molar-refractivity contribution is 5.95. The van der Waals surface area contributed by atoms with Gasteiger partial charge in [0.15, 0.2) is 11.9 Å². The van der Waals surface area contributed by atoms with E-state index >= 15 is 0 Å². The van der Waals surface area contributed by atoms with Gasteiger partial charge in [0.05, 0.1) is 0 Å². The van der Waals surface area contributed by atoms with Gasteiger partial charge in [-0.2, -0.15) is 5.11 Å². The topological polar surface area (TPSA) is 146 Å². The molecular weight excluding hydrogens is 172 g/mol. The predicted octanol–water partition coefficient (Wildman–Crippen LogP) is -1.08. The van der Waals surface area contributed by atoms with Crippen molar-refractivity contribution in [3.63, 3.8) is 0 Å². The molecular formula is C5H14N8. The zero-order valence-electron chi connectivity index (χ0n) is 7.52. The van der Waals surface area contributed by atoms with Crippen molar-refractivity contribution >= 4 is 11.9 Å². The third-order valence-electron chi connectivity index (χ3n) is 1.34. The monoisotopic (exact) mass is 186 g/mol. The molecule has 8 N–H and O–H groups in total. The molecule has 1 atom stereocenters. The standard InChI is InChI=1S/C5H14N8/c1-5(10-2,13-9)12-4(8)11-3(6)7/h9-10H,1-2H3,(H6,6,7,8,11,12). The van der Waals surface area contributed by atoms with E-state index in [1.165, 1.54) is 0 Å². The summed E-state index contributed by atoms with van der Waals surface area (Å²) in [5.41, 5.74) is 11.8. The van der Waals surface area contributed by atoms with Crippen LogP contribution in [0.1, 0.15) is 6.92 Å². The van der Waals surface area contributed by atoms with E-state index in [0.29, 0.717) is 0 Å². The second kappa shape index (κ2) is 4.36. The first-order valence-corrected chi connectivity index (χ1v) is 3.49. The van der Waals surface area contributed by atoms with Crippen LogP contribution in [0.5, 0.6) is 0 Å². The van der Waals surface area contributed by atoms with Crippen LogP contribution in [0.25, 0.3) is 0 Å². The van der Waals surface area contributed by atoms with Gasteiger partial charge in [0.2, 0.25) is 5.79 Å². The Hall–Kier alpha value is -1.70. The van der Waals surface area contributed by atoms with Crippen molar-refractivity contribution in [1.29, 1.82) is 16.3 Å². The maximum Gasteiger partial charge on any atom is 0.203 e. The molecule has 0 saturated carbocycles. The average Bonchev–Trinajstić information content (AvgIpc) is 2.02. The third kappa shape index (κ3) is 4.01. The fourth-order valence-corrected chi connectivity index (χ4v) is 0.556. The Morgan fingerprint density at radius 3 is 2.31 bits per heavy atom. The molecule has 0 spiro atoms. The highest BCUT2D eigenvalue weighted by Crippen LogP contribution is 1.97. The minimum atomic E-state index is -1.06. The summed E-state index contributed by atoms with van der Waals surface area (Å²) in [6.07, 6.45) is 0. The molecule has 74 valence electrons. The average molecular weight is 186 g/mol. The highest BCUT2D eigenvalue weighted by Gasteiger charge is 2.21. The van der Waals surface area contributed by atoms with E-state index in [4.69, 9.17) is 22.1 Å². The molecule has 0 saturated heterocycles. The summed E-state index contributed by atoms with van der Waals surface area (Å²) in [6, 6.07) is 0. The molecule has 13 heavy (non-hydrogen) atoms. The first-order chi connectivity index (χ1) is 5.93. The zero-order valence-corrected chi connectivity index (χ0v) is 7.52. The summed E-state index contributed by atoms with van der Waals surface area (Å²) < 4.78 is 0. The lowest BCUT2D eigenvalue weighted by Gasteiger charge is -2.25. The fraction of sp³-hybridized carbons (Fsp3) is 0.600. The summed E-state index contributed by atoms with van der Waals surface area (Å²) in [5, 5.41) is 24.7. The fourth-order valence-electron chi connectivity index (χ4n) is 0.556. The van der Waals surface area contributed by atoms with Crippen molar-refractivity contribution in [2.24, 2.45) is 10.8 Å². The molecule has 8 heteroatoms. The predicted molar refractivity (Wildman–Crippen MR) is 48.5 cm³/mol. The summed E-state index contributed by atoms with van der Waals surface area (Å²) in [7, 11) is 1.59. The van der Waals surface area contributed by atoms with Crippen molar-refractivity contribution in [2.45, 2.75) is 12.7 Å². The quantitative estimate of drug-likeness (QED) is 0.130. The molecule has 0 bridgehead atoms. The Morgan fingerprint density at radius 2 is 2.00 bits per heavy atom. The molecule has 0 aromatic carbocycles. The molecule has 0 rings (SSSR count). The second-order valence-electron chi connectivity index (χ2n) is 2.47. The summed E-state index contributed by atoms with van der Waals surface area (Å²) in [6.45, 7) is 1.57. The highest BCUT2D eigenvalue weighted by atomic mass is 15.4. The molecule has 1 unspecified atom stereocenters. The number of hydrogen-bond donors (Lipinski definition) is 7. The molecule has 0 aromatic heterocycles. The van der Waals surface area contributed by atoms with Gasteiger partial charge < -0.3 is 11.1 Å². The van der Waals surface area contributed by atoms with Crippen molar-refractivity contribution in [1.82, 2.24) is 16.0 Å². The van der Waals surface area contributed by atoms with E-state index in [0.717, 1.165) is 0 Å². The largest absolute Gasteiger partial charge is 0.370 e. The van der Waals surface area contributed by atoms with Crippen LogP contribution in [0, 0.1) is 16.3 Å². The van der Waals surface area contributed by atoms with E-state index < -0.39 is 5.79 Å². The van der Waals surface area contributed by atoms with Gasteiger partial charge in [0, 0.05) is 0 Å². The lowest BCUT2D eigenvalue weighted by Crippen LogP contribution is -2.58. The van der Waals surface area contributed by atoms with Gasteiger partial charge in [-0.1, -0.05) is 0 Å². The number of rotatable bonds is 3. The number of guanidine groups is 2. The van der Waals surface area contributed by atoms with Crippen LogP contribution in [0.2, 0.25) is 0 Å². The minimum Gasteiger partial charge on any atom is -0.370 e. The van der Waals surface area contributed by atoms with Crippen LogP contribution in [-0.4, -0.2) is 24.8 Å². The Morgan fingerprint density at radius 1 is 1.46 bits per heavy atom. The number of nitrogens with two attached hydrogens (primary N) is 1. The van der Waals surface area contributed by atoms with Crippen LogP contribution < -0.4 is 21.7 Å². The molecule has 0 aliphatic rings. The van der Waals surface area contributed by atoms with E-state index in [-0.39, 0.29) is 11.9 Å². The van der Waals surface area contributed by atoms with Crippen LogP contribution in [0.15, 0.2) is 5.11 Å². The maximum absolute atomic E-state index is 7.25. The molecule has 0 aliphatic heterocycles. The first-order valence-electron chi connectivity index (χ1n) is 3.49. The Kier molecular flexibility index (Phi) is 3.79. The van der Waals surface area contributed by atoms with Gasteiger partial charge in [-0.05, 0) is 14.0 Å². The van der Waals surface area contributed by atoms with E-state index in [9.17, 15) is 0 Å². The smallest absolute Gasteiger partial charge is 0.203 e. The van der Waals surface area contributed by atoms with E-state index in [2.05, 4.69) is 21.1 Å². The van der Waals surface area contributed by atoms with Crippen LogP contribution in [0.4, 0.5) is 0 Å². The first kappa shape index (κ1) is 11.3. The molecule has 0 aliphatic carbocycles. The molecule has 0 heterocycles. The summed E-state index contributed by atoms with van der Waals surface area (Å²) in [4.78, 5) is 0. The second-order valence-corrected chi connectivity index (χ2v) is 2.47. The number of nitrogens with one attached hydrogen (secondary N) is 6. The summed E-state index contributed by atoms with van der Waals surface area (Å²) >= 11 is 0. The Bertz CT molecular complexity index is 223. The lowest BCUT2D eigenvalue weighted by atomic mass is 10.4. The number of nitrogens with zero attached hydrogens (tertiary/aromatic N) is 1. The minimum absolute atomic E-state index is 0.194. The van der Waals surface area contributed by atoms with Gasteiger partial charge in [-0.25, -0.2) is 5.53 Å². The van der Waals surface area contributed by atoms with Crippen molar-refractivity contribution in [2.75, 3.05) is 7.05 Å². The molecule has 0 fully saturated rings. The Balaban J connectivity index is 4.17. The van der Waals surface area contributed by atoms with Crippen LogP contribution in [0.3, 0.4) is 0 Å². The van der Waals surface area contributed by atoms with Gasteiger partial charge >= 0.3 is 0 Å². The summed E-state index contributed by atoms with van der Waals surface area (Å²) in [5.74, 6) is -1.60. The van der Waals surface area contributed by atoms with Crippen LogP contribution in [-0.2, 0) is 0 Å². The van der Waals surface area contributed by atoms with E-state index in [1.54, 1.807) is 14.0 Å². The third-order valence-corrected chi connectivity index (χ3v) is 1.34. The Labute approximate surface area is 75.8 Å². The molecule has 0 radical (unpaired) electrons. The molecule has 8 nitrogen and oxygen atoms in total. The zero-order chi connectivity index (χ0) is 10.5. The van der Waals surface area contributed by atoms with Crippen molar-refractivity contribution in [3.8, 4) is 0 Å². The van der Waals surface area contributed by atoms with Gasteiger partial charge in [-0.15, -0.1) is 0 Å². The van der Waals surface area contributed by atoms with Gasteiger partial charge in [0.1, 0.15) is 0 Å². The number of hydrogen-bond acceptors (Lipinski definition) is 5. The normalized spacial score (nSPS) is 14.0. The lowest BCUT2D eigenvalue weighted by molar-refractivity contribution is 0.344.